The molecule has 0 radical (unpaired) electrons. The molecule has 8 aromatic rings. The van der Waals surface area contributed by atoms with E-state index >= 15 is 0 Å². The van der Waals surface area contributed by atoms with Gasteiger partial charge in [0.2, 0.25) is 0 Å². The second-order valence-corrected chi connectivity index (χ2v) is 10.6. The topological polar surface area (TPSA) is 25.8 Å². The fourth-order valence-electron chi connectivity index (χ4n) is 6.07. The molecule has 0 N–H and O–H groups in total. The van der Waals surface area contributed by atoms with Gasteiger partial charge in [0.15, 0.2) is 0 Å². The average Bonchev–Trinajstić information content (AvgIpc) is 3.08. The van der Waals surface area contributed by atoms with Crippen molar-refractivity contribution < 1.29 is 0 Å². The molecule has 0 aliphatic heterocycles. The zero-order valence-electron chi connectivity index (χ0n) is 22.9. The van der Waals surface area contributed by atoms with Crippen molar-refractivity contribution in [3.8, 4) is 44.6 Å². The summed E-state index contributed by atoms with van der Waals surface area (Å²) < 4.78 is 0. The van der Waals surface area contributed by atoms with Gasteiger partial charge >= 0.3 is 0 Å². The minimum atomic E-state index is 0.970. The van der Waals surface area contributed by atoms with Gasteiger partial charge in [0.25, 0.3) is 0 Å². The van der Waals surface area contributed by atoms with E-state index in [-0.39, 0.29) is 0 Å². The molecular formula is C40H26N2. The number of para-hydroxylation sites is 1. The predicted octanol–water partition coefficient (Wildman–Crippen LogP) is 10.6. The lowest BCUT2D eigenvalue weighted by atomic mass is 9.90. The van der Waals surface area contributed by atoms with Crippen molar-refractivity contribution in [2.24, 2.45) is 0 Å². The Hall–Kier alpha value is -5.60. The molecule has 6 aromatic carbocycles. The summed E-state index contributed by atoms with van der Waals surface area (Å²) in [5.41, 5.74) is 11.2. The molecule has 42 heavy (non-hydrogen) atoms. The molecule has 0 atom stereocenters. The fourth-order valence-corrected chi connectivity index (χ4v) is 6.07. The Morgan fingerprint density at radius 2 is 0.952 bits per heavy atom. The second kappa shape index (κ2) is 10.1. The second-order valence-electron chi connectivity index (χ2n) is 10.6. The van der Waals surface area contributed by atoms with Crippen LogP contribution in [0.1, 0.15) is 0 Å². The number of hydrogen-bond donors (Lipinski definition) is 0. The van der Waals surface area contributed by atoms with Crippen LogP contribution in [-0.4, -0.2) is 9.97 Å². The van der Waals surface area contributed by atoms with Gasteiger partial charge in [-0.2, -0.15) is 0 Å². The molecule has 2 heteroatoms. The van der Waals surface area contributed by atoms with Crippen molar-refractivity contribution in [1.29, 1.82) is 0 Å². The van der Waals surface area contributed by atoms with Crippen molar-refractivity contribution >= 4 is 32.6 Å². The van der Waals surface area contributed by atoms with Gasteiger partial charge in [-0.25, -0.2) is 4.98 Å². The number of hydrogen-bond acceptors (Lipinski definition) is 2. The molecule has 0 unspecified atom stereocenters. The van der Waals surface area contributed by atoms with Crippen LogP contribution in [0.3, 0.4) is 0 Å². The van der Waals surface area contributed by atoms with Crippen LogP contribution in [0.2, 0.25) is 0 Å². The highest BCUT2D eigenvalue weighted by Gasteiger charge is 2.16. The maximum absolute atomic E-state index is 5.29. The molecule has 0 saturated heterocycles. The summed E-state index contributed by atoms with van der Waals surface area (Å²) in [4.78, 5) is 9.97. The van der Waals surface area contributed by atoms with Gasteiger partial charge in [0.1, 0.15) is 0 Å². The molecule has 196 valence electrons. The third-order valence-electron chi connectivity index (χ3n) is 8.11. The number of fused-ring (bicyclic) bond motifs is 4. The van der Waals surface area contributed by atoms with E-state index in [2.05, 4.69) is 145 Å². The Morgan fingerprint density at radius 1 is 0.357 bits per heavy atom. The zero-order valence-corrected chi connectivity index (χ0v) is 22.9. The number of nitrogens with zero attached hydrogens (tertiary/aromatic N) is 2. The van der Waals surface area contributed by atoms with Crippen molar-refractivity contribution in [3.63, 3.8) is 0 Å². The maximum Gasteiger partial charge on any atom is 0.0794 e. The maximum atomic E-state index is 5.29. The van der Waals surface area contributed by atoms with Crippen LogP contribution in [0.5, 0.6) is 0 Å². The number of pyridine rings is 2. The van der Waals surface area contributed by atoms with Gasteiger partial charge in [-0.3, -0.25) is 4.98 Å². The third-order valence-corrected chi connectivity index (χ3v) is 8.11. The van der Waals surface area contributed by atoms with Crippen molar-refractivity contribution in [3.05, 3.63) is 158 Å². The lowest BCUT2D eigenvalue weighted by molar-refractivity contribution is 1.40. The van der Waals surface area contributed by atoms with Gasteiger partial charge in [0, 0.05) is 33.5 Å². The first kappa shape index (κ1) is 24.2. The highest BCUT2D eigenvalue weighted by atomic mass is 14.7. The highest BCUT2D eigenvalue weighted by Crippen LogP contribution is 2.40. The average molecular weight is 535 g/mol. The monoisotopic (exact) mass is 534 g/mol. The summed E-state index contributed by atoms with van der Waals surface area (Å²) in [5.74, 6) is 0. The SMILES string of the molecule is c1ccc(-c2cc(-c3ccc(-c4cccc5cccnc45)cc3)c3cc(-c4ccccc4)c4ccccc4c3n2)cc1. The molecule has 2 heterocycles. The van der Waals surface area contributed by atoms with E-state index < -0.39 is 0 Å². The van der Waals surface area contributed by atoms with E-state index in [1.165, 1.54) is 22.1 Å². The molecule has 0 saturated carbocycles. The summed E-state index contributed by atoms with van der Waals surface area (Å²) in [6.45, 7) is 0. The lowest BCUT2D eigenvalue weighted by Gasteiger charge is -2.16. The normalized spacial score (nSPS) is 11.3. The van der Waals surface area contributed by atoms with Gasteiger partial charge < -0.3 is 0 Å². The first-order valence-corrected chi connectivity index (χ1v) is 14.3. The molecule has 0 bridgehead atoms. The Balaban J connectivity index is 1.39. The fraction of sp³-hybridized carbons (Fsp3) is 0. The van der Waals surface area contributed by atoms with Crippen LogP contribution in [0.15, 0.2) is 158 Å². The number of benzene rings is 6. The predicted molar refractivity (Wildman–Crippen MR) is 176 cm³/mol. The van der Waals surface area contributed by atoms with Crippen molar-refractivity contribution in [1.82, 2.24) is 9.97 Å². The molecular weight excluding hydrogens is 508 g/mol. The van der Waals surface area contributed by atoms with Crippen LogP contribution < -0.4 is 0 Å². The summed E-state index contributed by atoms with van der Waals surface area (Å²) in [6.07, 6.45) is 1.86. The Labute approximate surface area is 244 Å². The lowest BCUT2D eigenvalue weighted by Crippen LogP contribution is -1.93. The van der Waals surface area contributed by atoms with Crippen LogP contribution in [-0.2, 0) is 0 Å². The van der Waals surface area contributed by atoms with E-state index in [1.807, 2.05) is 18.3 Å². The van der Waals surface area contributed by atoms with Crippen LogP contribution in [0.4, 0.5) is 0 Å². The first-order chi connectivity index (χ1) is 20.8. The van der Waals surface area contributed by atoms with Crippen molar-refractivity contribution in [2.45, 2.75) is 0 Å². The van der Waals surface area contributed by atoms with E-state index in [4.69, 9.17) is 4.98 Å². The van der Waals surface area contributed by atoms with Gasteiger partial charge in [-0.15, -0.1) is 0 Å². The molecule has 0 aliphatic rings. The summed E-state index contributed by atoms with van der Waals surface area (Å²) in [5, 5.41) is 4.66. The van der Waals surface area contributed by atoms with Crippen molar-refractivity contribution in [2.75, 3.05) is 0 Å². The van der Waals surface area contributed by atoms with Gasteiger partial charge in [0.05, 0.1) is 16.7 Å². The van der Waals surface area contributed by atoms with Crippen LogP contribution in [0, 0.1) is 0 Å². The standard InChI is InChI=1S/C40H26N2/c1-3-11-27(12-4-1)35-25-37-36(29-22-20-28(21-23-29)32-19-9-15-31-16-10-24-41-39(31)32)26-38(30-13-5-2-6-14-30)42-40(37)34-18-8-7-17-33(34)35/h1-26H. The third kappa shape index (κ3) is 4.13. The molecule has 0 amide bonds. The van der Waals surface area contributed by atoms with Gasteiger partial charge in [-0.1, -0.05) is 133 Å². The first-order valence-electron chi connectivity index (χ1n) is 14.3. The molecule has 2 aromatic heterocycles. The minimum Gasteiger partial charge on any atom is -0.256 e. The Morgan fingerprint density at radius 3 is 1.71 bits per heavy atom. The van der Waals surface area contributed by atoms with Crippen LogP contribution in [0.25, 0.3) is 77.2 Å². The quantitative estimate of drug-likeness (QED) is 0.210. The molecule has 8 rings (SSSR count). The summed E-state index contributed by atoms with van der Waals surface area (Å²) in [6, 6.07) is 53.7. The minimum absolute atomic E-state index is 0.970. The van der Waals surface area contributed by atoms with Crippen LogP contribution >= 0.6 is 0 Å². The van der Waals surface area contributed by atoms with E-state index in [9.17, 15) is 0 Å². The van der Waals surface area contributed by atoms with E-state index in [0.717, 1.165) is 55.1 Å². The molecule has 0 aliphatic carbocycles. The van der Waals surface area contributed by atoms with E-state index in [0.29, 0.717) is 0 Å². The smallest absolute Gasteiger partial charge is 0.0794 e. The molecule has 0 fully saturated rings. The zero-order chi connectivity index (χ0) is 27.9. The number of aromatic nitrogens is 2. The Kier molecular flexibility index (Phi) is 5.82. The molecule has 0 spiro atoms. The summed E-state index contributed by atoms with van der Waals surface area (Å²) in [7, 11) is 0. The Bertz CT molecular complexity index is 2210. The number of rotatable bonds is 4. The molecule has 2 nitrogen and oxygen atoms in total. The van der Waals surface area contributed by atoms with Gasteiger partial charge in [-0.05, 0) is 51.4 Å². The summed E-state index contributed by atoms with van der Waals surface area (Å²) >= 11 is 0. The highest BCUT2D eigenvalue weighted by molar-refractivity contribution is 6.16. The van der Waals surface area contributed by atoms with E-state index in [1.54, 1.807) is 0 Å². The largest absolute Gasteiger partial charge is 0.256 e.